The van der Waals surface area contributed by atoms with Gasteiger partial charge in [0.25, 0.3) is 5.91 Å². The van der Waals surface area contributed by atoms with Crippen LogP contribution >= 0.6 is 0 Å². The van der Waals surface area contributed by atoms with Crippen LogP contribution in [0.25, 0.3) is 11.0 Å². The third-order valence-electron chi connectivity index (χ3n) is 3.67. The van der Waals surface area contributed by atoms with Crippen LogP contribution in [-0.2, 0) is 9.53 Å². The van der Waals surface area contributed by atoms with Crippen molar-refractivity contribution in [1.29, 1.82) is 0 Å². The first-order valence-corrected chi connectivity index (χ1v) is 8.01. The molecule has 0 saturated carbocycles. The average molecular weight is 367 g/mol. The molecule has 0 fully saturated rings. The molecule has 0 aliphatic rings. The molecule has 3 rings (SSSR count). The zero-order valence-corrected chi connectivity index (χ0v) is 14.8. The summed E-state index contributed by atoms with van der Waals surface area (Å²) >= 11 is 0. The van der Waals surface area contributed by atoms with Crippen molar-refractivity contribution in [3.63, 3.8) is 0 Å². The summed E-state index contributed by atoms with van der Waals surface area (Å²) in [4.78, 5) is 32.5. The van der Waals surface area contributed by atoms with Crippen molar-refractivity contribution in [2.75, 3.05) is 26.1 Å². The maximum atomic E-state index is 12.1. The van der Waals surface area contributed by atoms with Gasteiger partial charge in [-0.1, -0.05) is 12.1 Å². The number of aromatic nitrogens is 2. The van der Waals surface area contributed by atoms with Crippen LogP contribution in [0.15, 0.2) is 48.7 Å². The number of hydrogen-bond donors (Lipinski definition) is 1. The predicted octanol–water partition coefficient (Wildman–Crippen LogP) is 2.44. The van der Waals surface area contributed by atoms with Crippen LogP contribution in [0.4, 0.5) is 5.69 Å². The molecule has 8 nitrogen and oxygen atoms in total. The van der Waals surface area contributed by atoms with Crippen molar-refractivity contribution in [3.8, 4) is 11.5 Å². The number of nitrogens with one attached hydrogen (secondary N) is 1. The summed E-state index contributed by atoms with van der Waals surface area (Å²) in [6, 6.07) is 12.1. The lowest BCUT2D eigenvalue weighted by atomic mass is 10.2. The second kappa shape index (κ2) is 8.13. The van der Waals surface area contributed by atoms with Crippen LogP contribution in [0.1, 0.15) is 10.5 Å². The highest BCUT2D eigenvalue weighted by Gasteiger charge is 2.14. The number of ether oxygens (including phenoxy) is 3. The highest BCUT2D eigenvalue weighted by molar-refractivity contribution is 5.96. The van der Waals surface area contributed by atoms with Gasteiger partial charge in [0.2, 0.25) is 0 Å². The molecule has 0 saturated heterocycles. The summed E-state index contributed by atoms with van der Waals surface area (Å²) in [5.41, 5.74) is 1.70. The Morgan fingerprint density at radius 1 is 1.04 bits per heavy atom. The van der Waals surface area contributed by atoms with Gasteiger partial charge in [0.05, 0.1) is 37.1 Å². The Balaban J connectivity index is 1.62. The molecule has 0 aliphatic carbocycles. The molecular weight excluding hydrogens is 350 g/mol. The van der Waals surface area contributed by atoms with Crippen molar-refractivity contribution < 1.29 is 23.8 Å². The van der Waals surface area contributed by atoms with E-state index in [-0.39, 0.29) is 5.69 Å². The molecule has 1 amide bonds. The molecule has 0 unspecified atom stereocenters. The first-order chi connectivity index (χ1) is 13.1. The SMILES string of the molecule is COc1ccc(NC(=O)COC(=O)c2cnc3ccccc3n2)c(OC)c1. The Kier molecular flexibility index (Phi) is 5.46. The second-order valence-corrected chi connectivity index (χ2v) is 5.43. The van der Waals surface area contributed by atoms with Crippen molar-refractivity contribution in [1.82, 2.24) is 9.97 Å². The number of methoxy groups -OCH3 is 2. The number of hydrogen-bond acceptors (Lipinski definition) is 7. The van der Waals surface area contributed by atoms with Crippen molar-refractivity contribution in [2.45, 2.75) is 0 Å². The molecule has 1 N–H and O–H groups in total. The predicted molar refractivity (Wildman–Crippen MR) is 98.0 cm³/mol. The van der Waals surface area contributed by atoms with Gasteiger partial charge in [0.15, 0.2) is 12.3 Å². The van der Waals surface area contributed by atoms with Crippen molar-refractivity contribution >= 4 is 28.6 Å². The number of fused-ring (bicyclic) bond motifs is 1. The highest BCUT2D eigenvalue weighted by atomic mass is 16.5. The van der Waals surface area contributed by atoms with E-state index in [9.17, 15) is 9.59 Å². The Bertz CT molecular complexity index is 990. The van der Waals surface area contributed by atoms with Crippen LogP contribution in [0.2, 0.25) is 0 Å². The lowest BCUT2D eigenvalue weighted by Gasteiger charge is -2.11. The number of para-hydroxylation sites is 2. The molecule has 8 heteroatoms. The van der Waals surface area contributed by atoms with E-state index in [0.29, 0.717) is 28.2 Å². The standard InChI is InChI=1S/C19H17N3O5/c1-25-12-7-8-15(17(9-12)26-2)22-18(23)11-27-19(24)16-10-20-13-5-3-4-6-14(13)21-16/h3-10H,11H2,1-2H3,(H,22,23). The van der Waals surface area contributed by atoms with E-state index in [0.717, 1.165) is 0 Å². The molecular formula is C19H17N3O5. The first kappa shape index (κ1) is 18.1. The fourth-order valence-electron chi connectivity index (χ4n) is 2.35. The maximum Gasteiger partial charge on any atom is 0.359 e. The monoisotopic (exact) mass is 367 g/mol. The van der Waals surface area contributed by atoms with Gasteiger partial charge in [-0.15, -0.1) is 0 Å². The summed E-state index contributed by atoms with van der Waals surface area (Å²) in [7, 11) is 3.00. The number of rotatable bonds is 6. The van der Waals surface area contributed by atoms with Gasteiger partial charge in [0.1, 0.15) is 11.5 Å². The summed E-state index contributed by atoms with van der Waals surface area (Å²) in [6.07, 6.45) is 1.31. The Morgan fingerprint density at radius 3 is 2.56 bits per heavy atom. The smallest absolute Gasteiger partial charge is 0.359 e. The highest BCUT2D eigenvalue weighted by Crippen LogP contribution is 2.28. The van der Waals surface area contributed by atoms with E-state index in [1.807, 2.05) is 6.07 Å². The molecule has 1 aromatic heterocycles. The largest absolute Gasteiger partial charge is 0.497 e. The number of carbonyl (C=O) groups is 2. The molecule has 1 heterocycles. The van der Waals surface area contributed by atoms with Crippen LogP contribution in [0.3, 0.4) is 0 Å². The third-order valence-corrected chi connectivity index (χ3v) is 3.67. The van der Waals surface area contributed by atoms with Crippen molar-refractivity contribution in [2.24, 2.45) is 0 Å². The Hall–Kier alpha value is -3.68. The minimum atomic E-state index is -0.731. The fraction of sp³-hybridized carbons (Fsp3) is 0.158. The van der Waals surface area contributed by atoms with Gasteiger partial charge in [0, 0.05) is 6.07 Å². The van der Waals surface area contributed by atoms with Gasteiger partial charge in [-0.05, 0) is 24.3 Å². The quantitative estimate of drug-likeness (QED) is 0.668. The van der Waals surface area contributed by atoms with E-state index in [2.05, 4.69) is 15.3 Å². The number of anilines is 1. The zero-order chi connectivity index (χ0) is 19.2. The Morgan fingerprint density at radius 2 is 1.81 bits per heavy atom. The van der Waals surface area contributed by atoms with E-state index >= 15 is 0 Å². The maximum absolute atomic E-state index is 12.1. The number of esters is 1. The molecule has 0 atom stereocenters. The first-order valence-electron chi connectivity index (χ1n) is 8.01. The molecule has 0 aliphatic heterocycles. The van der Waals surface area contributed by atoms with Crippen LogP contribution in [-0.4, -0.2) is 42.7 Å². The number of nitrogens with zero attached hydrogens (tertiary/aromatic N) is 2. The normalized spacial score (nSPS) is 10.3. The minimum Gasteiger partial charge on any atom is -0.497 e. The van der Waals surface area contributed by atoms with Crippen LogP contribution in [0.5, 0.6) is 11.5 Å². The lowest BCUT2D eigenvalue weighted by molar-refractivity contribution is -0.119. The van der Waals surface area contributed by atoms with Crippen molar-refractivity contribution in [3.05, 3.63) is 54.4 Å². The molecule has 0 bridgehead atoms. The average Bonchev–Trinajstić information content (AvgIpc) is 2.71. The zero-order valence-electron chi connectivity index (χ0n) is 14.8. The number of amides is 1. The third kappa shape index (κ3) is 4.30. The van der Waals surface area contributed by atoms with E-state index in [1.54, 1.807) is 36.4 Å². The molecule has 2 aromatic carbocycles. The van der Waals surface area contributed by atoms with Gasteiger partial charge in [-0.2, -0.15) is 0 Å². The Labute approximate surface area is 155 Å². The molecule has 3 aromatic rings. The second-order valence-electron chi connectivity index (χ2n) is 5.43. The van der Waals surface area contributed by atoms with Gasteiger partial charge >= 0.3 is 5.97 Å². The molecule has 0 spiro atoms. The summed E-state index contributed by atoms with van der Waals surface area (Å²) in [6.45, 7) is -0.470. The van der Waals surface area contributed by atoms with Gasteiger partial charge in [-0.3, -0.25) is 9.78 Å². The molecule has 27 heavy (non-hydrogen) atoms. The minimum absolute atomic E-state index is 0.0310. The van der Waals surface area contributed by atoms with Gasteiger partial charge in [-0.25, -0.2) is 9.78 Å². The van der Waals surface area contributed by atoms with Gasteiger partial charge < -0.3 is 19.5 Å². The molecule has 0 radical (unpaired) electrons. The number of benzene rings is 2. The van der Waals surface area contributed by atoms with E-state index in [4.69, 9.17) is 14.2 Å². The van der Waals surface area contributed by atoms with E-state index in [1.165, 1.54) is 20.4 Å². The summed E-state index contributed by atoms with van der Waals surface area (Å²) < 4.78 is 15.3. The summed E-state index contributed by atoms with van der Waals surface area (Å²) in [5, 5.41) is 2.62. The topological polar surface area (TPSA) is 99.6 Å². The summed E-state index contributed by atoms with van der Waals surface area (Å²) in [5.74, 6) is -0.230. The molecule has 138 valence electrons. The van der Waals surface area contributed by atoms with E-state index < -0.39 is 18.5 Å². The number of carbonyl (C=O) groups excluding carboxylic acids is 2. The fourth-order valence-corrected chi connectivity index (χ4v) is 2.35. The lowest BCUT2D eigenvalue weighted by Crippen LogP contribution is -2.21. The van der Waals surface area contributed by atoms with Crippen LogP contribution < -0.4 is 14.8 Å². The van der Waals surface area contributed by atoms with Crippen LogP contribution in [0, 0.1) is 0 Å².